The number of ether oxygens (including phenoxy) is 1. The number of aliphatic hydroxyl groups is 1. The molecular formula is C16H26N2O2. The van der Waals surface area contributed by atoms with Crippen LogP contribution in [0, 0.1) is 11.3 Å². The highest BCUT2D eigenvalue weighted by Crippen LogP contribution is 2.49. The molecule has 2 aliphatic rings. The summed E-state index contributed by atoms with van der Waals surface area (Å²) in [7, 11) is 0. The molecule has 3 rings (SSSR count). The molecule has 4 nitrogen and oxygen atoms in total. The average molecular weight is 278 g/mol. The molecule has 2 fully saturated rings. The Kier molecular flexibility index (Phi) is 3.87. The topological polar surface area (TPSA) is 47.3 Å². The van der Waals surface area contributed by atoms with Gasteiger partial charge in [0.2, 0.25) is 0 Å². The van der Waals surface area contributed by atoms with Crippen molar-refractivity contribution in [2.45, 2.75) is 58.6 Å². The molecule has 1 aromatic rings. The van der Waals surface area contributed by atoms with E-state index in [0.717, 1.165) is 38.1 Å². The van der Waals surface area contributed by atoms with Crippen LogP contribution in [0.25, 0.3) is 0 Å². The van der Waals surface area contributed by atoms with Gasteiger partial charge < -0.3 is 9.84 Å². The van der Waals surface area contributed by atoms with E-state index in [0.29, 0.717) is 5.92 Å². The van der Waals surface area contributed by atoms with Gasteiger partial charge in [-0.15, -0.1) is 0 Å². The summed E-state index contributed by atoms with van der Waals surface area (Å²) in [4.78, 5) is 0. The zero-order valence-corrected chi connectivity index (χ0v) is 12.6. The second kappa shape index (κ2) is 5.49. The molecule has 1 aromatic heterocycles. The minimum absolute atomic E-state index is 0.0842. The third-order valence-electron chi connectivity index (χ3n) is 4.97. The zero-order valence-electron chi connectivity index (χ0n) is 12.6. The van der Waals surface area contributed by atoms with Crippen LogP contribution in [0.4, 0.5) is 0 Å². The number of aryl methyl sites for hydroxylation is 2. The highest BCUT2D eigenvalue weighted by Gasteiger charge is 2.51. The fourth-order valence-corrected chi connectivity index (χ4v) is 3.62. The van der Waals surface area contributed by atoms with Gasteiger partial charge in [0, 0.05) is 24.3 Å². The Morgan fingerprint density at radius 2 is 2.25 bits per heavy atom. The maximum Gasteiger partial charge on any atom is 0.0685 e. The molecule has 0 aromatic carbocycles. The van der Waals surface area contributed by atoms with Crippen molar-refractivity contribution in [3.63, 3.8) is 0 Å². The fourth-order valence-electron chi connectivity index (χ4n) is 3.62. The lowest BCUT2D eigenvalue weighted by Crippen LogP contribution is -2.39. The van der Waals surface area contributed by atoms with Crippen LogP contribution in [-0.4, -0.2) is 34.2 Å². The van der Waals surface area contributed by atoms with Gasteiger partial charge in [0.1, 0.15) is 0 Å². The molecular weight excluding hydrogens is 252 g/mol. The first-order chi connectivity index (χ1) is 9.72. The van der Waals surface area contributed by atoms with Crippen LogP contribution in [0.3, 0.4) is 0 Å². The van der Waals surface area contributed by atoms with Crippen molar-refractivity contribution in [2.24, 2.45) is 11.3 Å². The minimum atomic E-state index is -0.0842. The number of nitrogens with zero attached hydrogens (tertiary/aromatic N) is 2. The molecule has 2 unspecified atom stereocenters. The van der Waals surface area contributed by atoms with E-state index in [4.69, 9.17) is 4.74 Å². The maximum atomic E-state index is 10.0. The van der Waals surface area contributed by atoms with Gasteiger partial charge in [-0.2, -0.15) is 5.10 Å². The van der Waals surface area contributed by atoms with Gasteiger partial charge in [0.05, 0.1) is 18.4 Å². The van der Waals surface area contributed by atoms with E-state index in [1.165, 1.54) is 18.5 Å². The Morgan fingerprint density at radius 1 is 1.45 bits per heavy atom. The second-order valence-corrected chi connectivity index (χ2v) is 6.37. The summed E-state index contributed by atoms with van der Waals surface area (Å²) >= 11 is 0. The second-order valence-electron chi connectivity index (χ2n) is 6.37. The first-order valence-electron chi connectivity index (χ1n) is 8.00. The van der Waals surface area contributed by atoms with Crippen molar-refractivity contribution >= 4 is 0 Å². The minimum Gasteiger partial charge on any atom is -0.396 e. The van der Waals surface area contributed by atoms with E-state index in [-0.39, 0.29) is 18.1 Å². The molecule has 2 heterocycles. The van der Waals surface area contributed by atoms with E-state index in [1.54, 1.807) is 0 Å². The summed E-state index contributed by atoms with van der Waals surface area (Å²) in [5.74, 6) is 0.674. The highest BCUT2D eigenvalue weighted by atomic mass is 16.5. The summed E-state index contributed by atoms with van der Waals surface area (Å²) < 4.78 is 8.07. The number of rotatable bonds is 6. The van der Waals surface area contributed by atoms with Crippen molar-refractivity contribution in [1.29, 1.82) is 0 Å². The van der Waals surface area contributed by atoms with E-state index in [9.17, 15) is 5.11 Å². The molecule has 1 N–H and O–H groups in total. The van der Waals surface area contributed by atoms with Gasteiger partial charge in [-0.3, -0.25) is 4.68 Å². The smallest absolute Gasteiger partial charge is 0.0685 e. The quantitative estimate of drug-likeness (QED) is 0.867. The van der Waals surface area contributed by atoms with Crippen LogP contribution in [-0.2, 0) is 24.1 Å². The zero-order chi connectivity index (χ0) is 14.2. The Hall–Kier alpha value is -0.870. The SMILES string of the molecule is CCc1cc(CC2(CO)CCOC2C2CC2)n(CC)n1. The number of aromatic nitrogens is 2. The molecule has 20 heavy (non-hydrogen) atoms. The van der Waals surface area contributed by atoms with Crippen LogP contribution in [0.1, 0.15) is 44.5 Å². The molecule has 1 saturated heterocycles. The van der Waals surface area contributed by atoms with Crippen molar-refractivity contribution in [2.75, 3.05) is 13.2 Å². The lowest BCUT2D eigenvalue weighted by atomic mass is 9.76. The summed E-state index contributed by atoms with van der Waals surface area (Å²) in [5, 5.41) is 14.7. The van der Waals surface area contributed by atoms with Crippen LogP contribution in [0.15, 0.2) is 6.07 Å². The van der Waals surface area contributed by atoms with Crippen molar-refractivity contribution in [3.05, 3.63) is 17.5 Å². The highest BCUT2D eigenvalue weighted by molar-refractivity contribution is 5.15. The van der Waals surface area contributed by atoms with Crippen LogP contribution < -0.4 is 0 Å². The molecule has 4 heteroatoms. The lowest BCUT2D eigenvalue weighted by molar-refractivity contribution is -0.000396. The van der Waals surface area contributed by atoms with Gasteiger partial charge in [-0.25, -0.2) is 0 Å². The molecule has 112 valence electrons. The number of hydrogen-bond acceptors (Lipinski definition) is 3. The molecule has 1 aliphatic carbocycles. The predicted octanol–water partition coefficient (Wildman–Crippen LogP) is 2.19. The van der Waals surface area contributed by atoms with E-state index in [2.05, 4.69) is 29.7 Å². The lowest BCUT2D eigenvalue weighted by Gasteiger charge is -2.32. The summed E-state index contributed by atoms with van der Waals surface area (Å²) in [5.41, 5.74) is 2.32. The number of hydrogen-bond donors (Lipinski definition) is 1. The molecule has 2 atom stereocenters. The van der Waals surface area contributed by atoms with Crippen molar-refractivity contribution in [1.82, 2.24) is 9.78 Å². The Labute approximate surface area is 121 Å². The van der Waals surface area contributed by atoms with E-state index < -0.39 is 0 Å². The van der Waals surface area contributed by atoms with Gasteiger partial charge in [-0.05, 0) is 51.0 Å². The maximum absolute atomic E-state index is 10.0. The monoisotopic (exact) mass is 278 g/mol. The Morgan fingerprint density at radius 3 is 2.85 bits per heavy atom. The first kappa shape index (κ1) is 14.1. The third-order valence-corrected chi connectivity index (χ3v) is 4.97. The molecule has 0 spiro atoms. The largest absolute Gasteiger partial charge is 0.396 e. The van der Waals surface area contributed by atoms with E-state index in [1.807, 2.05) is 0 Å². The summed E-state index contributed by atoms with van der Waals surface area (Å²) in [6.07, 6.45) is 5.61. The predicted molar refractivity (Wildman–Crippen MR) is 77.6 cm³/mol. The molecule has 0 radical (unpaired) electrons. The molecule has 1 aliphatic heterocycles. The van der Waals surface area contributed by atoms with Gasteiger partial charge in [0.15, 0.2) is 0 Å². The summed E-state index contributed by atoms with van der Waals surface area (Å²) in [6, 6.07) is 2.21. The van der Waals surface area contributed by atoms with Crippen molar-refractivity contribution < 1.29 is 9.84 Å². The first-order valence-corrected chi connectivity index (χ1v) is 8.00. The molecule has 0 bridgehead atoms. The number of aliphatic hydroxyl groups excluding tert-OH is 1. The molecule has 0 amide bonds. The Balaban J connectivity index is 1.85. The van der Waals surface area contributed by atoms with Crippen LogP contribution >= 0.6 is 0 Å². The summed E-state index contributed by atoms with van der Waals surface area (Å²) in [6.45, 7) is 6.18. The third kappa shape index (κ3) is 2.40. The van der Waals surface area contributed by atoms with Gasteiger partial charge in [0.25, 0.3) is 0 Å². The van der Waals surface area contributed by atoms with Gasteiger partial charge >= 0.3 is 0 Å². The van der Waals surface area contributed by atoms with Crippen LogP contribution in [0.2, 0.25) is 0 Å². The average Bonchev–Trinajstić information content (AvgIpc) is 3.11. The van der Waals surface area contributed by atoms with Crippen molar-refractivity contribution in [3.8, 4) is 0 Å². The standard InChI is InChI=1S/C16H26N2O2/c1-3-13-9-14(18(4-2)17-13)10-16(11-19)7-8-20-15(16)12-5-6-12/h9,12,15,19H,3-8,10-11H2,1-2H3. The Bertz CT molecular complexity index is 467. The van der Waals surface area contributed by atoms with E-state index >= 15 is 0 Å². The van der Waals surface area contributed by atoms with Gasteiger partial charge in [-0.1, -0.05) is 6.92 Å². The fraction of sp³-hybridized carbons (Fsp3) is 0.812. The van der Waals surface area contributed by atoms with Crippen LogP contribution in [0.5, 0.6) is 0 Å². The molecule has 1 saturated carbocycles. The normalized spacial score (nSPS) is 30.1.